The Morgan fingerprint density at radius 1 is 1.06 bits per heavy atom. The van der Waals surface area contributed by atoms with E-state index in [9.17, 15) is 14.9 Å². The van der Waals surface area contributed by atoms with Crippen molar-refractivity contribution in [1.82, 2.24) is 15.1 Å². The van der Waals surface area contributed by atoms with E-state index in [1.165, 1.54) is 0 Å². The Bertz CT molecular complexity index is 1220. The predicted octanol–water partition coefficient (Wildman–Crippen LogP) is 4.90. The third-order valence-electron chi connectivity index (χ3n) is 5.21. The Hall–Kier alpha value is -3.63. The standard InChI is InChI=1S/C26H28ClN5O2/c1-17-6-8-18(9-7-17)23(33)22-21(16-28)24(29-14-5-15-30-25(34)26(2,3)4)32(31-22)20-12-10-19(27)11-13-20/h6-13,29H,5,14-15H2,1-4H3,(H,30,34). The minimum atomic E-state index is -0.458. The second-order valence-electron chi connectivity index (χ2n) is 9.05. The van der Waals surface area contributed by atoms with Gasteiger partial charge >= 0.3 is 0 Å². The highest BCUT2D eigenvalue weighted by Crippen LogP contribution is 2.26. The Morgan fingerprint density at radius 2 is 1.71 bits per heavy atom. The number of nitrogens with one attached hydrogen (secondary N) is 2. The number of amides is 1. The fourth-order valence-corrected chi connectivity index (χ4v) is 3.35. The predicted molar refractivity (Wildman–Crippen MR) is 133 cm³/mol. The van der Waals surface area contributed by atoms with Crippen LogP contribution in [0.5, 0.6) is 0 Å². The van der Waals surface area contributed by atoms with Crippen LogP contribution in [-0.2, 0) is 4.79 Å². The number of aryl methyl sites for hydroxylation is 1. The van der Waals surface area contributed by atoms with Gasteiger partial charge in [-0.15, -0.1) is 0 Å². The van der Waals surface area contributed by atoms with Gasteiger partial charge in [-0.25, -0.2) is 4.68 Å². The van der Waals surface area contributed by atoms with E-state index < -0.39 is 5.41 Å². The molecule has 1 heterocycles. The maximum absolute atomic E-state index is 13.2. The van der Waals surface area contributed by atoms with E-state index >= 15 is 0 Å². The van der Waals surface area contributed by atoms with E-state index in [0.717, 1.165) is 5.56 Å². The summed E-state index contributed by atoms with van der Waals surface area (Å²) in [5.41, 5.74) is 1.93. The van der Waals surface area contributed by atoms with E-state index in [0.29, 0.717) is 41.6 Å². The van der Waals surface area contributed by atoms with Crippen molar-refractivity contribution in [3.63, 3.8) is 0 Å². The largest absolute Gasteiger partial charge is 0.369 e. The minimum absolute atomic E-state index is 0.0256. The summed E-state index contributed by atoms with van der Waals surface area (Å²) in [6.07, 6.45) is 0.625. The number of carbonyl (C=O) groups excluding carboxylic acids is 2. The van der Waals surface area contributed by atoms with Gasteiger partial charge in [0.1, 0.15) is 17.5 Å². The molecule has 0 aliphatic rings. The summed E-state index contributed by atoms with van der Waals surface area (Å²) in [6.45, 7) is 8.47. The Labute approximate surface area is 204 Å². The number of nitrogens with zero attached hydrogens (tertiary/aromatic N) is 3. The van der Waals surface area contributed by atoms with Crippen LogP contribution >= 0.6 is 11.6 Å². The number of anilines is 1. The molecule has 0 bridgehead atoms. The van der Waals surface area contributed by atoms with Gasteiger partial charge in [-0.3, -0.25) is 9.59 Å². The highest BCUT2D eigenvalue weighted by molar-refractivity contribution is 6.30. The van der Waals surface area contributed by atoms with Crippen LogP contribution in [-0.4, -0.2) is 34.6 Å². The lowest BCUT2D eigenvalue weighted by molar-refractivity contribution is -0.128. The van der Waals surface area contributed by atoms with Crippen molar-refractivity contribution in [3.05, 3.63) is 75.9 Å². The molecule has 2 N–H and O–H groups in total. The summed E-state index contributed by atoms with van der Waals surface area (Å²) in [5, 5.41) is 21.1. The number of carbonyl (C=O) groups is 2. The molecule has 2 aromatic carbocycles. The van der Waals surface area contributed by atoms with Gasteiger partial charge < -0.3 is 10.6 Å². The van der Waals surface area contributed by atoms with Crippen LogP contribution in [0.3, 0.4) is 0 Å². The number of hydrogen-bond donors (Lipinski definition) is 2. The highest BCUT2D eigenvalue weighted by atomic mass is 35.5. The van der Waals surface area contributed by atoms with Crippen LogP contribution in [0.1, 0.15) is 54.4 Å². The lowest BCUT2D eigenvalue weighted by Crippen LogP contribution is -2.35. The van der Waals surface area contributed by atoms with Gasteiger partial charge in [-0.1, -0.05) is 62.2 Å². The Kier molecular flexibility index (Phi) is 7.75. The van der Waals surface area contributed by atoms with Crippen molar-refractivity contribution in [1.29, 1.82) is 5.26 Å². The molecule has 8 heteroatoms. The van der Waals surface area contributed by atoms with Gasteiger partial charge in [0.05, 0.1) is 5.69 Å². The van der Waals surface area contributed by atoms with Crippen molar-refractivity contribution in [2.45, 2.75) is 34.1 Å². The summed E-state index contributed by atoms with van der Waals surface area (Å²) in [6, 6.07) is 16.3. The Balaban J connectivity index is 1.89. The maximum Gasteiger partial charge on any atom is 0.225 e. The number of benzene rings is 2. The maximum atomic E-state index is 13.2. The third kappa shape index (κ3) is 5.83. The molecule has 0 radical (unpaired) electrons. The quantitative estimate of drug-likeness (QED) is 0.355. The fourth-order valence-electron chi connectivity index (χ4n) is 3.22. The number of rotatable bonds is 8. The van der Waals surface area contributed by atoms with Crippen LogP contribution < -0.4 is 10.6 Å². The van der Waals surface area contributed by atoms with Crippen molar-refractivity contribution in [2.24, 2.45) is 5.41 Å². The molecule has 1 aromatic heterocycles. The second-order valence-corrected chi connectivity index (χ2v) is 9.49. The number of aromatic nitrogens is 2. The molecule has 3 rings (SSSR count). The van der Waals surface area contributed by atoms with Gasteiger partial charge in [-0.2, -0.15) is 10.4 Å². The van der Waals surface area contributed by atoms with Crippen molar-refractivity contribution >= 4 is 29.1 Å². The summed E-state index contributed by atoms with van der Waals surface area (Å²) in [4.78, 5) is 25.3. The molecule has 0 saturated heterocycles. The fraction of sp³-hybridized carbons (Fsp3) is 0.308. The number of ketones is 1. The number of hydrogen-bond acceptors (Lipinski definition) is 5. The zero-order valence-corrected chi connectivity index (χ0v) is 20.5. The molecule has 0 aliphatic heterocycles. The SMILES string of the molecule is Cc1ccc(C(=O)c2nn(-c3ccc(Cl)cc3)c(NCCCNC(=O)C(C)(C)C)c2C#N)cc1. The minimum Gasteiger partial charge on any atom is -0.369 e. The number of halogens is 1. The smallest absolute Gasteiger partial charge is 0.225 e. The summed E-state index contributed by atoms with van der Waals surface area (Å²) >= 11 is 6.04. The molecule has 0 spiro atoms. The summed E-state index contributed by atoms with van der Waals surface area (Å²) in [7, 11) is 0. The first-order valence-corrected chi connectivity index (χ1v) is 11.4. The van der Waals surface area contributed by atoms with Crippen LogP contribution in [0.25, 0.3) is 5.69 Å². The average molecular weight is 478 g/mol. The molecule has 7 nitrogen and oxygen atoms in total. The zero-order valence-electron chi connectivity index (χ0n) is 19.8. The third-order valence-corrected chi connectivity index (χ3v) is 5.46. The van der Waals surface area contributed by atoms with Gasteiger partial charge in [0.2, 0.25) is 11.7 Å². The lowest BCUT2D eigenvalue weighted by atomic mass is 9.96. The van der Waals surface area contributed by atoms with Crippen LogP contribution in [0.4, 0.5) is 5.82 Å². The van der Waals surface area contributed by atoms with E-state index in [1.54, 1.807) is 41.1 Å². The normalized spacial score (nSPS) is 11.1. The molecule has 0 unspecified atom stereocenters. The van der Waals surface area contributed by atoms with Crippen molar-refractivity contribution in [3.8, 4) is 11.8 Å². The topological polar surface area (TPSA) is 99.8 Å². The lowest BCUT2D eigenvalue weighted by Gasteiger charge is -2.17. The molecule has 176 valence electrons. The molecule has 3 aromatic rings. The van der Waals surface area contributed by atoms with Gasteiger partial charge in [0.25, 0.3) is 0 Å². The highest BCUT2D eigenvalue weighted by Gasteiger charge is 2.25. The van der Waals surface area contributed by atoms with E-state index in [1.807, 2.05) is 39.8 Å². The van der Waals surface area contributed by atoms with E-state index in [-0.39, 0.29) is 22.9 Å². The van der Waals surface area contributed by atoms with Crippen LogP contribution in [0, 0.1) is 23.7 Å². The first kappa shape index (κ1) is 25.0. The average Bonchev–Trinajstić information content (AvgIpc) is 3.17. The van der Waals surface area contributed by atoms with Crippen molar-refractivity contribution < 1.29 is 9.59 Å². The second kappa shape index (κ2) is 10.5. The van der Waals surface area contributed by atoms with Gasteiger partial charge in [0, 0.05) is 29.1 Å². The molecule has 0 saturated carbocycles. The molecule has 34 heavy (non-hydrogen) atoms. The summed E-state index contributed by atoms with van der Waals surface area (Å²) < 4.78 is 1.55. The van der Waals surface area contributed by atoms with Crippen LogP contribution in [0.15, 0.2) is 48.5 Å². The van der Waals surface area contributed by atoms with E-state index in [2.05, 4.69) is 21.8 Å². The first-order chi connectivity index (χ1) is 16.1. The summed E-state index contributed by atoms with van der Waals surface area (Å²) in [5.74, 6) is 0.0644. The Morgan fingerprint density at radius 3 is 2.29 bits per heavy atom. The van der Waals surface area contributed by atoms with E-state index in [4.69, 9.17) is 11.6 Å². The van der Waals surface area contributed by atoms with Crippen LogP contribution in [0.2, 0.25) is 5.02 Å². The molecular weight excluding hydrogens is 450 g/mol. The molecule has 1 amide bonds. The van der Waals surface area contributed by atoms with Crippen molar-refractivity contribution in [2.75, 3.05) is 18.4 Å². The molecular formula is C26H28ClN5O2. The number of nitriles is 1. The molecule has 0 atom stereocenters. The van der Waals surface area contributed by atoms with Gasteiger partial charge in [-0.05, 0) is 37.6 Å². The van der Waals surface area contributed by atoms with Gasteiger partial charge in [0.15, 0.2) is 5.69 Å². The molecule has 0 fully saturated rings. The molecule has 0 aliphatic carbocycles. The zero-order chi connectivity index (χ0) is 24.9. The monoisotopic (exact) mass is 477 g/mol. The first-order valence-electron chi connectivity index (χ1n) is 11.0.